The van der Waals surface area contributed by atoms with E-state index in [1.54, 1.807) is 6.92 Å². The lowest BCUT2D eigenvalue weighted by Gasteiger charge is -2.34. The smallest absolute Gasteiger partial charge is 0.318 e. The topological polar surface area (TPSA) is 74.5 Å². The summed E-state index contributed by atoms with van der Waals surface area (Å²) in [6.07, 6.45) is 0. The van der Waals surface area contributed by atoms with Crippen LogP contribution >= 0.6 is 0 Å². The quantitative estimate of drug-likeness (QED) is 0.883. The molecule has 0 spiro atoms. The van der Waals surface area contributed by atoms with Crippen molar-refractivity contribution in [3.8, 4) is 0 Å². The van der Waals surface area contributed by atoms with Gasteiger partial charge in [-0.05, 0) is 5.41 Å². The van der Waals surface area contributed by atoms with E-state index >= 15 is 0 Å². The number of piperazine rings is 1. The van der Waals surface area contributed by atoms with Crippen LogP contribution in [0, 0.1) is 12.3 Å². The Morgan fingerprint density at radius 3 is 2.40 bits per heavy atom. The molecule has 0 bridgehead atoms. The van der Waals surface area contributed by atoms with E-state index in [-0.39, 0.29) is 11.4 Å². The number of carbonyl (C=O) groups excluding carboxylic acids is 1. The second-order valence-electron chi connectivity index (χ2n) is 6.30. The Morgan fingerprint density at radius 2 is 1.90 bits per heavy atom. The van der Waals surface area contributed by atoms with Gasteiger partial charge >= 0.3 is 12.0 Å². The maximum Gasteiger partial charge on any atom is 0.318 e. The maximum atomic E-state index is 12.0. The largest absolute Gasteiger partial charge is 0.408 e. The number of rotatable bonds is 2. The number of nitrogens with one attached hydrogen (secondary N) is 1. The summed E-state index contributed by atoms with van der Waals surface area (Å²) < 4.78 is 5.40. The van der Waals surface area contributed by atoms with Crippen molar-refractivity contribution in [1.82, 2.24) is 20.4 Å². The Morgan fingerprint density at radius 1 is 1.25 bits per heavy atom. The van der Waals surface area contributed by atoms with Crippen LogP contribution in [0.5, 0.6) is 0 Å². The molecule has 0 saturated carbocycles. The molecule has 1 fully saturated rings. The van der Waals surface area contributed by atoms with Crippen LogP contribution in [0.25, 0.3) is 0 Å². The summed E-state index contributed by atoms with van der Waals surface area (Å²) in [5.41, 5.74) is 0.0960. The second-order valence-corrected chi connectivity index (χ2v) is 6.30. The molecule has 0 radical (unpaired) electrons. The third kappa shape index (κ3) is 3.85. The molecule has 2 rings (SSSR count). The van der Waals surface area contributed by atoms with Gasteiger partial charge in [-0.2, -0.15) is 0 Å². The van der Waals surface area contributed by atoms with E-state index in [0.717, 1.165) is 0 Å². The van der Waals surface area contributed by atoms with E-state index < -0.39 is 0 Å². The van der Waals surface area contributed by atoms with Crippen molar-refractivity contribution in [2.24, 2.45) is 5.41 Å². The first-order chi connectivity index (χ1) is 9.35. The molecule has 1 aliphatic rings. The van der Waals surface area contributed by atoms with Crippen LogP contribution in [-0.2, 0) is 0 Å². The molecule has 1 N–H and O–H groups in total. The highest BCUT2D eigenvalue weighted by Gasteiger charge is 2.24. The van der Waals surface area contributed by atoms with Crippen LogP contribution in [0.3, 0.4) is 0 Å². The fourth-order valence-electron chi connectivity index (χ4n) is 1.97. The standard InChI is InChI=1S/C13H23N5O2/c1-10-15-16-12(20-10)18-7-5-17(6-8-18)11(19)14-9-13(2,3)4/h5-9H2,1-4H3,(H,14,19). The fourth-order valence-corrected chi connectivity index (χ4v) is 1.97. The first kappa shape index (κ1) is 14.6. The summed E-state index contributed by atoms with van der Waals surface area (Å²) in [6.45, 7) is 11.5. The summed E-state index contributed by atoms with van der Waals surface area (Å²) in [5, 5.41) is 10.8. The van der Waals surface area contributed by atoms with Gasteiger partial charge in [-0.15, -0.1) is 5.10 Å². The van der Waals surface area contributed by atoms with Gasteiger partial charge in [0.25, 0.3) is 0 Å². The Balaban J connectivity index is 1.80. The van der Waals surface area contributed by atoms with E-state index in [0.29, 0.717) is 44.6 Å². The fraction of sp³-hybridized carbons (Fsp3) is 0.769. The van der Waals surface area contributed by atoms with Crippen LogP contribution in [0.15, 0.2) is 4.42 Å². The molecule has 7 heteroatoms. The zero-order chi connectivity index (χ0) is 14.8. The molecule has 1 aromatic heterocycles. The van der Waals surface area contributed by atoms with Crippen molar-refractivity contribution >= 4 is 12.0 Å². The molecule has 20 heavy (non-hydrogen) atoms. The minimum atomic E-state index is 0.00119. The lowest BCUT2D eigenvalue weighted by Crippen LogP contribution is -2.52. The highest BCUT2D eigenvalue weighted by Crippen LogP contribution is 2.15. The van der Waals surface area contributed by atoms with E-state index in [9.17, 15) is 4.79 Å². The van der Waals surface area contributed by atoms with E-state index in [1.807, 2.05) is 9.80 Å². The van der Waals surface area contributed by atoms with Crippen molar-refractivity contribution in [3.05, 3.63) is 5.89 Å². The first-order valence-electron chi connectivity index (χ1n) is 6.93. The monoisotopic (exact) mass is 281 g/mol. The van der Waals surface area contributed by atoms with E-state index in [1.165, 1.54) is 0 Å². The van der Waals surface area contributed by atoms with Gasteiger partial charge in [0.2, 0.25) is 5.89 Å². The summed E-state index contributed by atoms with van der Waals surface area (Å²) in [7, 11) is 0. The minimum absolute atomic E-state index is 0.00119. The molecule has 0 unspecified atom stereocenters. The molecule has 112 valence electrons. The Bertz CT molecular complexity index is 458. The molecule has 0 aromatic carbocycles. The molecule has 2 amide bonds. The average molecular weight is 281 g/mol. The van der Waals surface area contributed by atoms with Gasteiger partial charge in [0.05, 0.1) is 0 Å². The number of amides is 2. The van der Waals surface area contributed by atoms with E-state index in [2.05, 4.69) is 36.3 Å². The number of nitrogens with zero attached hydrogens (tertiary/aromatic N) is 4. The summed E-state index contributed by atoms with van der Waals surface area (Å²) >= 11 is 0. The number of hydrogen-bond acceptors (Lipinski definition) is 5. The zero-order valence-corrected chi connectivity index (χ0v) is 12.6. The van der Waals surface area contributed by atoms with Crippen LogP contribution in [0.1, 0.15) is 26.7 Å². The predicted octanol–water partition coefficient (Wildman–Crippen LogP) is 1.26. The average Bonchev–Trinajstić information content (AvgIpc) is 2.82. The van der Waals surface area contributed by atoms with Gasteiger partial charge in [0, 0.05) is 39.6 Å². The Labute approximate surface area is 119 Å². The number of aryl methyl sites for hydroxylation is 1. The highest BCUT2D eigenvalue weighted by molar-refractivity contribution is 5.74. The SMILES string of the molecule is Cc1nnc(N2CCN(C(=O)NCC(C)(C)C)CC2)o1. The van der Waals surface area contributed by atoms with Crippen molar-refractivity contribution in [1.29, 1.82) is 0 Å². The van der Waals surface area contributed by atoms with Gasteiger partial charge in [0.15, 0.2) is 0 Å². The molecular weight excluding hydrogens is 258 g/mol. The molecule has 2 heterocycles. The number of urea groups is 1. The molecule has 1 saturated heterocycles. The van der Waals surface area contributed by atoms with Crippen LogP contribution in [-0.4, -0.2) is 53.9 Å². The molecule has 0 aliphatic carbocycles. The second kappa shape index (κ2) is 5.68. The third-order valence-electron chi connectivity index (χ3n) is 3.12. The van der Waals surface area contributed by atoms with Gasteiger partial charge < -0.3 is 19.5 Å². The summed E-state index contributed by atoms with van der Waals surface area (Å²) in [6, 6.07) is 0.540. The number of carbonyl (C=O) groups is 1. The molecule has 7 nitrogen and oxygen atoms in total. The molecular formula is C13H23N5O2. The Hall–Kier alpha value is -1.79. The number of hydrogen-bond donors (Lipinski definition) is 1. The van der Waals surface area contributed by atoms with Crippen molar-refractivity contribution in [2.45, 2.75) is 27.7 Å². The third-order valence-corrected chi connectivity index (χ3v) is 3.12. The maximum absolute atomic E-state index is 12.0. The zero-order valence-electron chi connectivity index (χ0n) is 12.6. The molecule has 1 aromatic rings. The van der Waals surface area contributed by atoms with Crippen LogP contribution < -0.4 is 10.2 Å². The summed E-state index contributed by atoms with van der Waals surface area (Å²) in [5.74, 6) is 0.561. The van der Waals surface area contributed by atoms with Gasteiger partial charge in [0.1, 0.15) is 0 Å². The van der Waals surface area contributed by atoms with E-state index in [4.69, 9.17) is 4.42 Å². The van der Waals surface area contributed by atoms with Crippen molar-refractivity contribution in [2.75, 3.05) is 37.6 Å². The summed E-state index contributed by atoms with van der Waals surface area (Å²) in [4.78, 5) is 15.9. The van der Waals surface area contributed by atoms with Crippen LogP contribution in [0.2, 0.25) is 0 Å². The number of aromatic nitrogens is 2. The molecule has 0 atom stereocenters. The normalized spacial score (nSPS) is 16.4. The van der Waals surface area contributed by atoms with Crippen molar-refractivity contribution < 1.29 is 9.21 Å². The van der Waals surface area contributed by atoms with Gasteiger partial charge in [-0.3, -0.25) is 0 Å². The number of anilines is 1. The molecule has 1 aliphatic heterocycles. The first-order valence-corrected chi connectivity index (χ1v) is 6.93. The van der Waals surface area contributed by atoms with Gasteiger partial charge in [-0.1, -0.05) is 25.9 Å². The van der Waals surface area contributed by atoms with Gasteiger partial charge in [-0.25, -0.2) is 4.79 Å². The minimum Gasteiger partial charge on any atom is -0.408 e. The Kier molecular flexibility index (Phi) is 4.15. The van der Waals surface area contributed by atoms with Crippen molar-refractivity contribution in [3.63, 3.8) is 0 Å². The highest BCUT2D eigenvalue weighted by atomic mass is 16.4. The lowest BCUT2D eigenvalue weighted by molar-refractivity contribution is 0.189. The lowest BCUT2D eigenvalue weighted by atomic mass is 9.97. The predicted molar refractivity (Wildman–Crippen MR) is 75.7 cm³/mol. The van der Waals surface area contributed by atoms with Crippen LogP contribution in [0.4, 0.5) is 10.8 Å².